The molecule has 4 rings (SSSR count). The highest BCUT2D eigenvalue weighted by atomic mass is 32.2. The Morgan fingerprint density at radius 3 is 2.20 bits per heavy atom. The highest BCUT2D eigenvalue weighted by molar-refractivity contribution is 7.89. The van der Waals surface area contributed by atoms with Crippen LogP contribution in [0, 0.1) is 0 Å². The summed E-state index contributed by atoms with van der Waals surface area (Å²) < 4.78 is 26.8. The van der Waals surface area contributed by atoms with Crippen molar-refractivity contribution < 1.29 is 8.42 Å². The van der Waals surface area contributed by atoms with Crippen LogP contribution in [-0.4, -0.2) is 43.9 Å². The minimum atomic E-state index is -3.34. The lowest BCUT2D eigenvalue weighted by Crippen LogP contribution is -2.29. The quantitative estimate of drug-likeness (QED) is 0.817. The minimum Gasteiger partial charge on any atom is -0.348 e. The Bertz CT molecular complexity index is 818. The maximum atomic E-state index is 12.6. The van der Waals surface area contributed by atoms with Crippen molar-refractivity contribution in [2.75, 3.05) is 31.1 Å². The van der Waals surface area contributed by atoms with Gasteiger partial charge in [0.2, 0.25) is 10.0 Å². The zero-order valence-electron chi connectivity index (χ0n) is 14.2. The molecule has 25 heavy (non-hydrogen) atoms. The minimum absolute atomic E-state index is 0.379. The second-order valence-corrected chi connectivity index (χ2v) is 9.47. The summed E-state index contributed by atoms with van der Waals surface area (Å²) in [5, 5.41) is 3.14. The van der Waals surface area contributed by atoms with Crippen LogP contribution in [0.1, 0.15) is 32.1 Å². The molecule has 1 aromatic heterocycles. The summed E-state index contributed by atoms with van der Waals surface area (Å²) in [5.41, 5.74) is 1.90. The number of hydrogen-bond acceptors (Lipinski definition) is 5. The number of benzene rings is 1. The number of piperidine rings is 1. The Morgan fingerprint density at radius 1 is 0.880 bits per heavy atom. The zero-order chi connectivity index (χ0) is 17.3. The van der Waals surface area contributed by atoms with Gasteiger partial charge in [0.1, 0.15) is 0 Å². The number of anilines is 1. The van der Waals surface area contributed by atoms with Gasteiger partial charge in [0.25, 0.3) is 0 Å². The van der Waals surface area contributed by atoms with Crippen LogP contribution in [0.5, 0.6) is 0 Å². The average Bonchev–Trinajstić information content (AvgIpc) is 3.35. The van der Waals surface area contributed by atoms with Crippen molar-refractivity contribution in [1.29, 1.82) is 0 Å². The predicted molar refractivity (Wildman–Crippen MR) is 102 cm³/mol. The van der Waals surface area contributed by atoms with Crippen LogP contribution in [0.3, 0.4) is 0 Å². The Hall–Kier alpha value is -1.44. The van der Waals surface area contributed by atoms with Crippen LogP contribution in [0.2, 0.25) is 0 Å². The molecule has 0 saturated carbocycles. The molecule has 0 radical (unpaired) electrons. The van der Waals surface area contributed by atoms with Gasteiger partial charge in [-0.2, -0.15) is 4.31 Å². The van der Waals surface area contributed by atoms with E-state index < -0.39 is 10.0 Å². The number of rotatable bonds is 4. The van der Waals surface area contributed by atoms with E-state index in [-0.39, 0.29) is 0 Å². The number of aromatic nitrogens is 1. The number of thiazole rings is 1. The van der Waals surface area contributed by atoms with Gasteiger partial charge < -0.3 is 4.90 Å². The average molecular weight is 378 g/mol. The fourth-order valence-corrected chi connectivity index (χ4v) is 5.91. The van der Waals surface area contributed by atoms with E-state index in [4.69, 9.17) is 4.98 Å². The SMILES string of the molecule is O=S(=O)(c1ccc(-c2csc(N3CCCCC3)n2)cc1)N1CCCC1. The molecule has 134 valence electrons. The van der Waals surface area contributed by atoms with Crippen LogP contribution >= 0.6 is 11.3 Å². The van der Waals surface area contributed by atoms with Crippen LogP contribution in [-0.2, 0) is 10.0 Å². The first-order valence-corrected chi connectivity index (χ1v) is 11.3. The van der Waals surface area contributed by atoms with Crippen LogP contribution < -0.4 is 4.90 Å². The van der Waals surface area contributed by atoms with Gasteiger partial charge in [-0.3, -0.25) is 0 Å². The molecule has 0 unspecified atom stereocenters. The Labute approximate surface area is 153 Å². The Kier molecular flexibility index (Phi) is 4.80. The largest absolute Gasteiger partial charge is 0.348 e. The van der Waals surface area contributed by atoms with Crippen molar-refractivity contribution in [3.05, 3.63) is 29.6 Å². The second kappa shape index (κ2) is 7.05. The zero-order valence-corrected chi connectivity index (χ0v) is 15.9. The Morgan fingerprint density at radius 2 is 1.52 bits per heavy atom. The van der Waals surface area contributed by atoms with E-state index in [1.807, 2.05) is 12.1 Å². The fraction of sp³-hybridized carbons (Fsp3) is 0.500. The summed E-state index contributed by atoms with van der Waals surface area (Å²) in [4.78, 5) is 7.49. The van der Waals surface area contributed by atoms with Crippen molar-refractivity contribution in [2.45, 2.75) is 37.0 Å². The van der Waals surface area contributed by atoms with Gasteiger partial charge in [-0.15, -0.1) is 11.3 Å². The summed E-state index contributed by atoms with van der Waals surface area (Å²) in [6.07, 6.45) is 5.68. The molecule has 0 bridgehead atoms. The van der Waals surface area contributed by atoms with Crippen molar-refractivity contribution in [3.63, 3.8) is 0 Å². The van der Waals surface area contributed by atoms with E-state index >= 15 is 0 Å². The molecule has 2 aliphatic heterocycles. The van der Waals surface area contributed by atoms with Gasteiger partial charge >= 0.3 is 0 Å². The van der Waals surface area contributed by atoms with Crippen molar-refractivity contribution in [1.82, 2.24) is 9.29 Å². The molecule has 0 amide bonds. The number of hydrogen-bond donors (Lipinski definition) is 0. The van der Waals surface area contributed by atoms with E-state index in [0.717, 1.165) is 42.3 Å². The van der Waals surface area contributed by atoms with Crippen LogP contribution in [0.15, 0.2) is 34.5 Å². The first-order chi connectivity index (χ1) is 12.1. The summed E-state index contributed by atoms with van der Waals surface area (Å²) in [6, 6.07) is 7.17. The van der Waals surface area contributed by atoms with Crippen LogP contribution in [0.4, 0.5) is 5.13 Å². The molecule has 0 atom stereocenters. The van der Waals surface area contributed by atoms with Gasteiger partial charge in [-0.05, 0) is 44.2 Å². The molecule has 0 aliphatic carbocycles. The molecular weight excluding hydrogens is 354 g/mol. The van der Waals surface area contributed by atoms with Gasteiger partial charge in [-0.25, -0.2) is 13.4 Å². The van der Waals surface area contributed by atoms with E-state index in [1.165, 1.54) is 19.3 Å². The monoisotopic (exact) mass is 377 g/mol. The third-order valence-electron chi connectivity index (χ3n) is 4.97. The molecule has 5 nitrogen and oxygen atoms in total. The molecule has 0 N–H and O–H groups in total. The molecule has 2 fully saturated rings. The summed E-state index contributed by atoms with van der Waals surface area (Å²) >= 11 is 1.67. The fourth-order valence-electron chi connectivity index (χ4n) is 3.50. The van der Waals surface area contributed by atoms with E-state index in [9.17, 15) is 8.42 Å². The lowest BCUT2D eigenvalue weighted by atomic mass is 10.1. The normalized spacial score (nSPS) is 19.4. The van der Waals surface area contributed by atoms with Crippen LogP contribution in [0.25, 0.3) is 11.3 Å². The third kappa shape index (κ3) is 3.45. The molecule has 0 spiro atoms. The molecule has 3 heterocycles. The van der Waals surface area contributed by atoms with Gasteiger partial charge in [-0.1, -0.05) is 12.1 Å². The molecule has 2 saturated heterocycles. The summed E-state index contributed by atoms with van der Waals surface area (Å²) in [5.74, 6) is 0. The van der Waals surface area contributed by atoms with Crippen molar-refractivity contribution >= 4 is 26.5 Å². The summed E-state index contributed by atoms with van der Waals surface area (Å²) in [6.45, 7) is 3.44. The molecule has 2 aromatic rings. The van der Waals surface area contributed by atoms with Crippen molar-refractivity contribution in [3.8, 4) is 11.3 Å². The Balaban J connectivity index is 1.53. The van der Waals surface area contributed by atoms with E-state index in [0.29, 0.717) is 18.0 Å². The third-order valence-corrected chi connectivity index (χ3v) is 7.79. The van der Waals surface area contributed by atoms with Gasteiger partial charge in [0.15, 0.2) is 5.13 Å². The smallest absolute Gasteiger partial charge is 0.243 e. The predicted octanol–water partition coefficient (Wildman–Crippen LogP) is 3.58. The highest BCUT2D eigenvalue weighted by Crippen LogP contribution is 2.30. The topological polar surface area (TPSA) is 53.5 Å². The number of nitrogens with zero attached hydrogens (tertiary/aromatic N) is 3. The molecular formula is C18H23N3O2S2. The molecule has 7 heteroatoms. The first kappa shape index (κ1) is 17.0. The summed E-state index contributed by atoms with van der Waals surface area (Å²) in [7, 11) is -3.34. The van der Waals surface area contributed by atoms with Crippen molar-refractivity contribution in [2.24, 2.45) is 0 Å². The number of sulfonamides is 1. The highest BCUT2D eigenvalue weighted by Gasteiger charge is 2.27. The maximum Gasteiger partial charge on any atom is 0.243 e. The standard InChI is InChI=1S/C18H23N3O2S2/c22-25(23,21-12-4-5-13-21)16-8-6-15(7-9-16)17-14-24-18(19-17)20-10-2-1-3-11-20/h6-9,14H,1-5,10-13H2. The molecule has 1 aromatic carbocycles. The van der Waals surface area contributed by atoms with E-state index in [2.05, 4.69) is 10.3 Å². The van der Waals surface area contributed by atoms with Gasteiger partial charge in [0.05, 0.1) is 10.6 Å². The lowest BCUT2D eigenvalue weighted by Gasteiger charge is -2.25. The second-order valence-electron chi connectivity index (χ2n) is 6.70. The van der Waals surface area contributed by atoms with E-state index in [1.54, 1.807) is 27.8 Å². The molecule has 2 aliphatic rings. The first-order valence-electron chi connectivity index (χ1n) is 8.96. The van der Waals surface area contributed by atoms with Gasteiger partial charge in [0, 0.05) is 37.1 Å². The lowest BCUT2D eigenvalue weighted by molar-refractivity contribution is 0.477. The maximum absolute atomic E-state index is 12.6.